The topological polar surface area (TPSA) is 90.7 Å². The van der Waals surface area contributed by atoms with Gasteiger partial charge in [0.25, 0.3) is 5.69 Å². The van der Waals surface area contributed by atoms with Crippen LogP contribution in [0.25, 0.3) is 0 Å². The lowest BCUT2D eigenvalue weighted by atomic mass is 9.92. The summed E-state index contributed by atoms with van der Waals surface area (Å²) >= 11 is 0. The van der Waals surface area contributed by atoms with E-state index in [2.05, 4.69) is 6.07 Å². The molecule has 0 aliphatic carbocycles. The van der Waals surface area contributed by atoms with Crippen LogP contribution in [0.4, 0.5) is 5.69 Å². The van der Waals surface area contributed by atoms with E-state index < -0.39 is 4.92 Å². The van der Waals surface area contributed by atoms with Gasteiger partial charge in [0, 0.05) is 12.1 Å². The first-order valence-electron chi connectivity index (χ1n) is 6.27. The largest absolute Gasteiger partial charge is 0.269 e. The minimum atomic E-state index is -0.456. The van der Waals surface area contributed by atoms with E-state index in [1.54, 1.807) is 36.4 Å². The van der Waals surface area contributed by atoms with Crippen molar-refractivity contribution in [2.45, 2.75) is 12.3 Å². The summed E-state index contributed by atoms with van der Waals surface area (Å²) in [6.07, 6.45) is 0.448. The second-order valence-electron chi connectivity index (χ2n) is 4.55. The Labute approximate surface area is 121 Å². The Morgan fingerprint density at radius 2 is 1.86 bits per heavy atom. The molecule has 2 rings (SSSR count). The van der Waals surface area contributed by atoms with Gasteiger partial charge in [0.15, 0.2) is 0 Å². The second kappa shape index (κ2) is 6.31. The first-order valence-corrected chi connectivity index (χ1v) is 6.27. The summed E-state index contributed by atoms with van der Waals surface area (Å²) in [6.45, 7) is 0. The van der Waals surface area contributed by atoms with Crippen LogP contribution in [-0.4, -0.2) is 4.92 Å². The predicted molar refractivity (Wildman–Crippen MR) is 76.3 cm³/mol. The van der Waals surface area contributed by atoms with Crippen LogP contribution in [-0.2, 0) is 6.42 Å². The van der Waals surface area contributed by atoms with Gasteiger partial charge in [-0.05, 0) is 29.7 Å². The predicted octanol–water partition coefficient (Wildman–Crippen LogP) is 3.32. The van der Waals surface area contributed by atoms with E-state index in [1.807, 2.05) is 6.07 Å². The van der Waals surface area contributed by atoms with E-state index in [4.69, 9.17) is 5.26 Å². The number of hydrogen-bond donors (Lipinski definition) is 0. The fraction of sp³-hybridized carbons (Fsp3) is 0.125. The molecule has 0 bridgehead atoms. The molecule has 5 nitrogen and oxygen atoms in total. The molecule has 0 saturated carbocycles. The second-order valence-corrected chi connectivity index (χ2v) is 4.55. The van der Waals surface area contributed by atoms with Crippen LogP contribution in [0.3, 0.4) is 0 Å². The summed E-state index contributed by atoms with van der Waals surface area (Å²) < 4.78 is 0. The van der Waals surface area contributed by atoms with E-state index in [0.717, 1.165) is 11.1 Å². The molecule has 0 aliphatic rings. The lowest BCUT2D eigenvalue weighted by molar-refractivity contribution is -0.384. The lowest BCUT2D eigenvalue weighted by Crippen LogP contribution is -2.01. The van der Waals surface area contributed by atoms with Crippen molar-refractivity contribution in [2.24, 2.45) is 0 Å². The van der Waals surface area contributed by atoms with E-state index >= 15 is 0 Å². The summed E-state index contributed by atoms with van der Waals surface area (Å²) in [5.41, 5.74) is 2.15. The number of nitriles is 2. The average molecular weight is 277 g/mol. The monoisotopic (exact) mass is 277 g/mol. The van der Waals surface area contributed by atoms with Gasteiger partial charge in [-0.3, -0.25) is 10.1 Å². The molecule has 0 radical (unpaired) electrons. The minimum Gasteiger partial charge on any atom is -0.258 e. The van der Waals surface area contributed by atoms with Crippen LogP contribution in [0.5, 0.6) is 0 Å². The molecule has 0 heterocycles. The molecule has 2 aromatic carbocycles. The Balaban J connectivity index is 2.21. The third-order valence-corrected chi connectivity index (χ3v) is 3.16. The van der Waals surface area contributed by atoms with Crippen molar-refractivity contribution < 1.29 is 4.92 Å². The summed E-state index contributed by atoms with van der Waals surface area (Å²) in [5.74, 6) is -0.389. The Hall–Kier alpha value is -3.18. The van der Waals surface area contributed by atoms with Gasteiger partial charge in [0.2, 0.25) is 0 Å². The maximum absolute atomic E-state index is 10.6. The zero-order valence-electron chi connectivity index (χ0n) is 11.1. The van der Waals surface area contributed by atoms with E-state index in [0.29, 0.717) is 12.0 Å². The molecular formula is C16H11N3O2. The van der Waals surface area contributed by atoms with Crippen LogP contribution in [0, 0.1) is 32.8 Å². The number of rotatable bonds is 4. The average Bonchev–Trinajstić information content (AvgIpc) is 2.53. The Morgan fingerprint density at radius 3 is 2.43 bits per heavy atom. The van der Waals surface area contributed by atoms with Crippen LogP contribution >= 0.6 is 0 Å². The third-order valence-electron chi connectivity index (χ3n) is 3.16. The van der Waals surface area contributed by atoms with E-state index in [1.165, 1.54) is 12.1 Å². The van der Waals surface area contributed by atoms with Gasteiger partial charge in [-0.2, -0.15) is 10.5 Å². The molecule has 1 unspecified atom stereocenters. The van der Waals surface area contributed by atoms with Crippen LogP contribution in [0.2, 0.25) is 0 Å². The van der Waals surface area contributed by atoms with E-state index in [-0.39, 0.29) is 11.6 Å². The summed E-state index contributed by atoms with van der Waals surface area (Å²) in [6, 6.07) is 17.3. The Bertz CT molecular complexity index is 739. The number of nitro groups is 1. The van der Waals surface area contributed by atoms with Crippen molar-refractivity contribution in [3.8, 4) is 12.1 Å². The quantitative estimate of drug-likeness (QED) is 0.633. The third kappa shape index (κ3) is 3.43. The molecule has 102 valence electrons. The number of hydrogen-bond acceptors (Lipinski definition) is 4. The van der Waals surface area contributed by atoms with Crippen molar-refractivity contribution in [3.05, 3.63) is 75.3 Å². The first kappa shape index (κ1) is 14.2. The van der Waals surface area contributed by atoms with E-state index in [9.17, 15) is 15.4 Å². The maximum Gasteiger partial charge on any atom is 0.269 e. The molecule has 0 spiro atoms. The van der Waals surface area contributed by atoms with Crippen molar-refractivity contribution in [1.29, 1.82) is 10.5 Å². The first-order chi connectivity index (χ1) is 10.1. The van der Waals surface area contributed by atoms with Crippen LogP contribution in [0.15, 0.2) is 48.5 Å². The molecule has 0 saturated heterocycles. The van der Waals surface area contributed by atoms with Crippen LogP contribution < -0.4 is 0 Å². The highest BCUT2D eigenvalue weighted by Gasteiger charge is 2.13. The van der Waals surface area contributed by atoms with Crippen molar-refractivity contribution >= 4 is 5.69 Å². The molecule has 0 N–H and O–H groups in total. The highest BCUT2D eigenvalue weighted by Crippen LogP contribution is 2.22. The molecule has 2 aromatic rings. The number of nitro benzene ring substituents is 1. The Kier molecular flexibility index (Phi) is 4.28. The smallest absolute Gasteiger partial charge is 0.258 e. The zero-order valence-corrected chi connectivity index (χ0v) is 11.1. The fourth-order valence-electron chi connectivity index (χ4n) is 2.05. The lowest BCUT2D eigenvalue weighted by Gasteiger charge is -2.09. The number of benzene rings is 2. The summed E-state index contributed by atoms with van der Waals surface area (Å²) in [5, 5.41) is 28.8. The molecule has 0 amide bonds. The molecule has 0 aliphatic heterocycles. The zero-order chi connectivity index (χ0) is 15.2. The van der Waals surface area contributed by atoms with Gasteiger partial charge in [0.1, 0.15) is 0 Å². The van der Waals surface area contributed by atoms with Crippen LogP contribution in [0.1, 0.15) is 22.6 Å². The highest BCUT2D eigenvalue weighted by atomic mass is 16.6. The maximum atomic E-state index is 10.6. The molecule has 0 aromatic heterocycles. The SMILES string of the molecule is N#Cc1cccc(C(C#N)Cc2ccc([N+](=O)[O-])cc2)c1. The Morgan fingerprint density at radius 1 is 1.14 bits per heavy atom. The normalized spacial score (nSPS) is 11.1. The molecule has 0 fully saturated rings. The fourth-order valence-corrected chi connectivity index (χ4v) is 2.05. The standard InChI is InChI=1S/C16H11N3O2/c17-10-13-2-1-3-14(9-13)15(11-18)8-12-4-6-16(7-5-12)19(20)21/h1-7,9,15H,8H2. The van der Waals surface area contributed by atoms with Crippen molar-refractivity contribution in [3.63, 3.8) is 0 Å². The van der Waals surface area contributed by atoms with Gasteiger partial charge in [0.05, 0.1) is 28.5 Å². The summed E-state index contributed by atoms with van der Waals surface area (Å²) in [4.78, 5) is 10.1. The minimum absolute atomic E-state index is 0.0266. The van der Waals surface area contributed by atoms with Gasteiger partial charge < -0.3 is 0 Å². The van der Waals surface area contributed by atoms with Gasteiger partial charge >= 0.3 is 0 Å². The van der Waals surface area contributed by atoms with Crippen molar-refractivity contribution in [2.75, 3.05) is 0 Å². The number of non-ortho nitro benzene ring substituents is 1. The number of nitrogens with zero attached hydrogens (tertiary/aromatic N) is 3. The molecule has 21 heavy (non-hydrogen) atoms. The van der Waals surface area contributed by atoms with Gasteiger partial charge in [-0.15, -0.1) is 0 Å². The molecular weight excluding hydrogens is 266 g/mol. The van der Waals surface area contributed by atoms with Gasteiger partial charge in [-0.1, -0.05) is 24.3 Å². The molecule has 1 atom stereocenters. The highest BCUT2D eigenvalue weighted by molar-refractivity contribution is 5.39. The van der Waals surface area contributed by atoms with Crippen molar-refractivity contribution in [1.82, 2.24) is 0 Å². The summed E-state index contributed by atoms with van der Waals surface area (Å²) in [7, 11) is 0. The van der Waals surface area contributed by atoms with Gasteiger partial charge in [-0.25, -0.2) is 0 Å². The molecule has 5 heteroatoms.